The van der Waals surface area contributed by atoms with E-state index in [-0.39, 0.29) is 43.6 Å². The number of methoxy groups -OCH3 is 1. The third kappa shape index (κ3) is 4.78. The molecule has 6 nitrogen and oxygen atoms in total. The lowest BCUT2D eigenvalue weighted by Gasteiger charge is -2.22. The lowest BCUT2D eigenvalue weighted by Crippen LogP contribution is -2.30. The Balaban J connectivity index is 2.13. The molecule has 0 aromatic carbocycles. The number of rotatable bonds is 3. The predicted octanol–water partition coefficient (Wildman–Crippen LogP) is 1.78. The lowest BCUT2D eigenvalue weighted by atomic mass is 10.1. The molecule has 0 N–H and O–H groups in total. The largest absolute Gasteiger partial charge is 0.462 e. The Labute approximate surface area is 125 Å². The van der Waals surface area contributed by atoms with Crippen LogP contribution in [0.3, 0.4) is 0 Å². The van der Waals surface area contributed by atoms with E-state index >= 15 is 0 Å². The zero-order valence-corrected chi connectivity index (χ0v) is 13.0. The van der Waals surface area contributed by atoms with Gasteiger partial charge in [0, 0.05) is 13.5 Å². The summed E-state index contributed by atoms with van der Waals surface area (Å²) in [5.41, 5.74) is 0. The number of hydrogen-bond acceptors (Lipinski definition) is 6. The summed E-state index contributed by atoms with van der Waals surface area (Å²) in [6.45, 7) is 5.71. The normalized spacial score (nSPS) is 37.6. The molecule has 2 aliphatic rings. The van der Waals surface area contributed by atoms with Crippen molar-refractivity contribution in [1.82, 2.24) is 0 Å². The van der Waals surface area contributed by atoms with Gasteiger partial charge in [0.05, 0.1) is 12.5 Å². The van der Waals surface area contributed by atoms with Gasteiger partial charge in [0.1, 0.15) is 25.1 Å². The first-order valence-corrected chi connectivity index (χ1v) is 7.23. The zero-order chi connectivity index (χ0) is 15.5. The molecule has 2 rings (SSSR count). The molecule has 0 unspecified atom stereocenters. The standard InChI is InChI=1S/C15H24O6/c1-10-7-11(18-9-17-4)5-6-12-13(8-14(16)19-10)21-15(2,3)20-12/h5-6,10-13H,7-9H2,1-4H3/b6-5+/t10-,11+,12-,13-/m0/s1. The Morgan fingerprint density at radius 1 is 1.33 bits per heavy atom. The average molecular weight is 300 g/mol. The highest BCUT2D eigenvalue weighted by molar-refractivity contribution is 5.70. The van der Waals surface area contributed by atoms with Crippen molar-refractivity contribution in [3.63, 3.8) is 0 Å². The minimum absolute atomic E-state index is 0.187. The fourth-order valence-electron chi connectivity index (χ4n) is 2.59. The molecule has 0 aromatic rings. The van der Waals surface area contributed by atoms with Crippen molar-refractivity contribution in [3.8, 4) is 0 Å². The van der Waals surface area contributed by atoms with Gasteiger partial charge in [0.15, 0.2) is 5.79 Å². The fourth-order valence-corrected chi connectivity index (χ4v) is 2.59. The molecule has 2 heterocycles. The molecule has 2 aliphatic heterocycles. The Morgan fingerprint density at radius 2 is 2.10 bits per heavy atom. The van der Waals surface area contributed by atoms with Crippen LogP contribution in [0.25, 0.3) is 0 Å². The van der Waals surface area contributed by atoms with Gasteiger partial charge in [0.25, 0.3) is 0 Å². The van der Waals surface area contributed by atoms with E-state index in [1.807, 2.05) is 32.9 Å². The first-order chi connectivity index (χ1) is 9.89. The molecule has 120 valence electrons. The van der Waals surface area contributed by atoms with Crippen LogP contribution in [-0.4, -0.2) is 50.1 Å². The number of ether oxygens (including phenoxy) is 5. The minimum atomic E-state index is -0.706. The van der Waals surface area contributed by atoms with Gasteiger partial charge in [-0.2, -0.15) is 0 Å². The van der Waals surface area contributed by atoms with Crippen LogP contribution in [0.2, 0.25) is 0 Å². The monoisotopic (exact) mass is 300 g/mol. The maximum Gasteiger partial charge on any atom is 0.308 e. The molecule has 0 radical (unpaired) electrons. The molecule has 6 heteroatoms. The number of carbonyl (C=O) groups is 1. The summed E-state index contributed by atoms with van der Waals surface area (Å²) in [6.07, 6.45) is 3.56. The Morgan fingerprint density at radius 3 is 2.81 bits per heavy atom. The van der Waals surface area contributed by atoms with E-state index in [1.54, 1.807) is 7.11 Å². The van der Waals surface area contributed by atoms with E-state index in [1.165, 1.54) is 0 Å². The molecule has 0 aliphatic carbocycles. The second-order valence-electron chi connectivity index (χ2n) is 5.88. The zero-order valence-electron chi connectivity index (χ0n) is 13.0. The first kappa shape index (κ1) is 16.4. The van der Waals surface area contributed by atoms with E-state index in [9.17, 15) is 4.79 Å². The quantitative estimate of drug-likeness (QED) is 0.450. The van der Waals surface area contributed by atoms with Crippen LogP contribution in [0, 0.1) is 0 Å². The van der Waals surface area contributed by atoms with Gasteiger partial charge in [-0.25, -0.2) is 0 Å². The number of carbonyl (C=O) groups excluding carboxylic acids is 1. The molecule has 0 amide bonds. The second-order valence-corrected chi connectivity index (χ2v) is 5.88. The third-order valence-corrected chi connectivity index (χ3v) is 3.40. The van der Waals surface area contributed by atoms with Crippen LogP contribution in [0.5, 0.6) is 0 Å². The summed E-state index contributed by atoms with van der Waals surface area (Å²) < 4.78 is 27.5. The molecule has 0 spiro atoms. The summed E-state index contributed by atoms with van der Waals surface area (Å²) >= 11 is 0. The van der Waals surface area contributed by atoms with Gasteiger partial charge in [-0.3, -0.25) is 4.79 Å². The van der Waals surface area contributed by atoms with Crippen LogP contribution in [0.1, 0.15) is 33.6 Å². The number of hydrogen-bond donors (Lipinski definition) is 0. The molecule has 21 heavy (non-hydrogen) atoms. The summed E-state index contributed by atoms with van der Waals surface area (Å²) in [6, 6.07) is 0. The van der Waals surface area contributed by atoms with Crippen LogP contribution in [-0.2, 0) is 28.5 Å². The smallest absolute Gasteiger partial charge is 0.308 e. The van der Waals surface area contributed by atoms with Crippen LogP contribution < -0.4 is 0 Å². The van der Waals surface area contributed by atoms with Gasteiger partial charge in [-0.05, 0) is 20.8 Å². The summed E-state index contributed by atoms with van der Waals surface area (Å²) in [5.74, 6) is -0.984. The highest BCUT2D eigenvalue weighted by Gasteiger charge is 2.41. The van der Waals surface area contributed by atoms with Gasteiger partial charge in [-0.15, -0.1) is 0 Å². The van der Waals surface area contributed by atoms with Gasteiger partial charge < -0.3 is 23.7 Å². The predicted molar refractivity (Wildman–Crippen MR) is 74.5 cm³/mol. The lowest BCUT2D eigenvalue weighted by molar-refractivity contribution is -0.159. The first-order valence-electron chi connectivity index (χ1n) is 7.23. The van der Waals surface area contributed by atoms with Gasteiger partial charge >= 0.3 is 5.97 Å². The Kier molecular flexibility index (Phi) is 5.37. The molecular weight excluding hydrogens is 276 g/mol. The highest BCUT2D eigenvalue weighted by atomic mass is 16.8. The molecular formula is C15H24O6. The van der Waals surface area contributed by atoms with Crippen LogP contribution >= 0.6 is 0 Å². The van der Waals surface area contributed by atoms with Crippen LogP contribution in [0.15, 0.2) is 12.2 Å². The van der Waals surface area contributed by atoms with E-state index in [2.05, 4.69) is 0 Å². The second kappa shape index (κ2) is 6.87. The number of cyclic esters (lactones) is 1. The summed E-state index contributed by atoms with van der Waals surface area (Å²) in [7, 11) is 1.57. The van der Waals surface area contributed by atoms with Crippen molar-refractivity contribution in [3.05, 3.63) is 12.2 Å². The van der Waals surface area contributed by atoms with Crippen LogP contribution in [0.4, 0.5) is 0 Å². The van der Waals surface area contributed by atoms with Crippen molar-refractivity contribution >= 4 is 5.97 Å². The van der Waals surface area contributed by atoms with Crippen molar-refractivity contribution < 1.29 is 28.5 Å². The van der Waals surface area contributed by atoms with Gasteiger partial charge in [-0.1, -0.05) is 12.2 Å². The number of esters is 1. The van der Waals surface area contributed by atoms with E-state index in [0.717, 1.165) is 0 Å². The minimum Gasteiger partial charge on any atom is -0.462 e. The Bertz CT molecular complexity index is 392. The topological polar surface area (TPSA) is 63.2 Å². The van der Waals surface area contributed by atoms with Crippen molar-refractivity contribution in [2.45, 2.75) is 63.8 Å². The van der Waals surface area contributed by atoms with Crippen molar-refractivity contribution in [1.29, 1.82) is 0 Å². The molecule has 4 atom stereocenters. The summed E-state index contributed by atoms with van der Waals surface area (Å²) in [5, 5.41) is 0. The highest BCUT2D eigenvalue weighted by Crippen LogP contribution is 2.31. The molecule has 0 bridgehead atoms. The maximum absolute atomic E-state index is 11.9. The molecule has 0 saturated carbocycles. The number of fused-ring (bicyclic) bond motifs is 1. The third-order valence-electron chi connectivity index (χ3n) is 3.40. The van der Waals surface area contributed by atoms with Crippen molar-refractivity contribution in [2.75, 3.05) is 13.9 Å². The maximum atomic E-state index is 11.9. The summed E-state index contributed by atoms with van der Waals surface area (Å²) in [4.78, 5) is 11.9. The van der Waals surface area contributed by atoms with E-state index in [4.69, 9.17) is 23.7 Å². The molecule has 1 saturated heterocycles. The van der Waals surface area contributed by atoms with Crippen molar-refractivity contribution in [2.24, 2.45) is 0 Å². The fraction of sp³-hybridized carbons (Fsp3) is 0.800. The Hall–Kier alpha value is -0.950. The van der Waals surface area contributed by atoms with E-state index in [0.29, 0.717) is 6.42 Å². The molecule has 0 aromatic heterocycles. The van der Waals surface area contributed by atoms with E-state index < -0.39 is 5.79 Å². The SMILES string of the molecule is COCO[C@@H]1/C=C/[C@@H]2OC(C)(C)O[C@H]2CC(=O)O[C@@H](C)C1. The average Bonchev–Trinajstić information content (AvgIpc) is 2.66. The van der Waals surface area contributed by atoms with Gasteiger partial charge in [0.2, 0.25) is 0 Å². The molecule has 1 fully saturated rings.